The van der Waals surface area contributed by atoms with Gasteiger partial charge in [-0.15, -0.1) is 0 Å². The SMILES string of the molecule is CC1(C)CCCC1C(Cc1ccc2c(c1)CCC2)NN. The van der Waals surface area contributed by atoms with Crippen molar-refractivity contribution >= 4 is 0 Å². The fourth-order valence-electron chi connectivity index (χ4n) is 4.42. The summed E-state index contributed by atoms with van der Waals surface area (Å²) >= 11 is 0. The van der Waals surface area contributed by atoms with Gasteiger partial charge in [-0.1, -0.05) is 38.5 Å². The predicted octanol–water partition coefficient (Wildman–Crippen LogP) is 3.38. The number of nitrogens with two attached hydrogens (primary N) is 1. The summed E-state index contributed by atoms with van der Waals surface area (Å²) in [5, 5.41) is 0. The van der Waals surface area contributed by atoms with Crippen molar-refractivity contribution in [3.8, 4) is 0 Å². The van der Waals surface area contributed by atoms with Gasteiger partial charge in [-0.05, 0) is 66.5 Å². The predicted molar refractivity (Wildman–Crippen MR) is 84.4 cm³/mol. The van der Waals surface area contributed by atoms with E-state index in [4.69, 9.17) is 5.84 Å². The van der Waals surface area contributed by atoms with Gasteiger partial charge < -0.3 is 0 Å². The second-order valence-electron chi connectivity index (χ2n) is 7.42. The molecule has 2 unspecified atom stereocenters. The molecule has 0 aromatic heterocycles. The van der Waals surface area contributed by atoms with Crippen LogP contribution in [0.3, 0.4) is 0 Å². The van der Waals surface area contributed by atoms with Crippen LogP contribution in [-0.4, -0.2) is 6.04 Å². The summed E-state index contributed by atoms with van der Waals surface area (Å²) in [6, 6.07) is 7.49. The molecule has 2 aliphatic carbocycles. The second kappa shape index (κ2) is 5.50. The zero-order chi connectivity index (χ0) is 14.2. The van der Waals surface area contributed by atoms with Crippen molar-refractivity contribution in [3.63, 3.8) is 0 Å². The van der Waals surface area contributed by atoms with E-state index < -0.39 is 0 Å². The van der Waals surface area contributed by atoms with Crippen LogP contribution in [0.2, 0.25) is 0 Å². The highest BCUT2D eigenvalue weighted by atomic mass is 15.2. The summed E-state index contributed by atoms with van der Waals surface area (Å²) in [5.41, 5.74) is 8.13. The third-order valence-corrected chi connectivity index (χ3v) is 5.66. The van der Waals surface area contributed by atoms with Crippen LogP contribution < -0.4 is 11.3 Å². The zero-order valence-electron chi connectivity index (χ0n) is 12.9. The Morgan fingerprint density at radius 2 is 2.05 bits per heavy atom. The summed E-state index contributed by atoms with van der Waals surface area (Å²) in [6.45, 7) is 4.80. The minimum atomic E-state index is 0.409. The standard InChI is InChI=1S/C18H28N2/c1-18(2)10-4-7-16(18)17(20-19)12-13-8-9-14-5-3-6-15(14)11-13/h8-9,11,16-17,20H,3-7,10,12,19H2,1-2H3. The van der Waals surface area contributed by atoms with Gasteiger partial charge in [0.1, 0.15) is 0 Å². The lowest BCUT2D eigenvalue weighted by atomic mass is 9.76. The Labute approximate surface area is 123 Å². The first-order valence-electron chi connectivity index (χ1n) is 8.17. The maximum absolute atomic E-state index is 5.88. The molecule has 1 saturated carbocycles. The van der Waals surface area contributed by atoms with Gasteiger partial charge in [-0.25, -0.2) is 0 Å². The van der Waals surface area contributed by atoms with E-state index >= 15 is 0 Å². The van der Waals surface area contributed by atoms with Crippen LogP contribution in [-0.2, 0) is 19.3 Å². The normalized spacial score (nSPS) is 25.6. The highest BCUT2D eigenvalue weighted by Crippen LogP contribution is 2.44. The molecule has 0 saturated heterocycles. The molecule has 0 amide bonds. The first kappa shape index (κ1) is 14.1. The molecule has 2 atom stereocenters. The molecule has 3 N–H and O–H groups in total. The number of fused-ring (bicyclic) bond motifs is 1. The van der Waals surface area contributed by atoms with Crippen LogP contribution in [0.1, 0.15) is 56.2 Å². The Hall–Kier alpha value is -0.860. The first-order chi connectivity index (χ1) is 9.60. The van der Waals surface area contributed by atoms with Crippen molar-refractivity contribution in [3.05, 3.63) is 34.9 Å². The molecule has 1 fully saturated rings. The molecular formula is C18H28N2. The van der Waals surface area contributed by atoms with Crippen LogP contribution in [0.15, 0.2) is 18.2 Å². The van der Waals surface area contributed by atoms with E-state index in [1.807, 2.05) is 0 Å². The van der Waals surface area contributed by atoms with E-state index in [-0.39, 0.29) is 0 Å². The van der Waals surface area contributed by atoms with Gasteiger partial charge in [0.05, 0.1) is 0 Å². The third kappa shape index (κ3) is 2.64. The van der Waals surface area contributed by atoms with Gasteiger partial charge in [-0.3, -0.25) is 11.3 Å². The van der Waals surface area contributed by atoms with Crippen molar-refractivity contribution < 1.29 is 0 Å². The number of hydrogen-bond donors (Lipinski definition) is 2. The molecule has 0 bridgehead atoms. The van der Waals surface area contributed by atoms with Crippen LogP contribution in [0.25, 0.3) is 0 Å². The third-order valence-electron chi connectivity index (χ3n) is 5.66. The number of benzene rings is 1. The van der Waals surface area contributed by atoms with Crippen molar-refractivity contribution in [2.24, 2.45) is 17.2 Å². The Morgan fingerprint density at radius 1 is 1.25 bits per heavy atom. The number of aryl methyl sites for hydroxylation is 2. The van der Waals surface area contributed by atoms with E-state index in [9.17, 15) is 0 Å². The molecule has 0 heterocycles. The van der Waals surface area contributed by atoms with Crippen LogP contribution >= 0.6 is 0 Å². The average Bonchev–Trinajstić information content (AvgIpc) is 3.01. The molecule has 1 aromatic carbocycles. The summed E-state index contributed by atoms with van der Waals surface area (Å²) in [4.78, 5) is 0. The molecule has 3 rings (SSSR count). The van der Waals surface area contributed by atoms with Crippen molar-refractivity contribution in [2.45, 2.75) is 64.8 Å². The highest BCUT2D eigenvalue weighted by molar-refractivity contribution is 5.35. The van der Waals surface area contributed by atoms with Crippen LogP contribution in [0.5, 0.6) is 0 Å². The topological polar surface area (TPSA) is 38.0 Å². The lowest BCUT2D eigenvalue weighted by Crippen LogP contribution is -2.45. The highest BCUT2D eigenvalue weighted by Gasteiger charge is 2.39. The molecule has 0 spiro atoms. The molecule has 1 aromatic rings. The Bertz CT molecular complexity index is 478. The first-order valence-corrected chi connectivity index (χ1v) is 8.17. The van der Waals surface area contributed by atoms with E-state index in [2.05, 4.69) is 37.5 Å². The minimum absolute atomic E-state index is 0.409. The minimum Gasteiger partial charge on any atom is -0.271 e. The summed E-state index contributed by atoms with van der Waals surface area (Å²) in [7, 11) is 0. The lowest BCUT2D eigenvalue weighted by Gasteiger charge is -2.34. The van der Waals surface area contributed by atoms with Gasteiger partial charge in [0.2, 0.25) is 0 Å². The van der Waals surface area contributed by atoms with Crippen LogP contribution in [0.4, 0.5) is 0 Å². The lowest BCUT2D eigenvalue weighted by molar-refractivity contribution is 0.196. The maximum Gasteiger partial charge on any atom is 0.0284 e. The Morgan fingerprint density at radius 3 is 2.75 bits per heavy atom. The van der Waals surface area contributed by atoms with Gasteiger partial charge in [-0.2, -0.15) is 0 Å². The van der Waals surface area contributed by atoms with E-state index in [1.54, 1.807) is 11.1 Å². The van der Waals surface area contributed by atoms with Crippen molar-refractivity contribution in [1.29, 1.82) is 0 Å². The van der Waals surface area contributed by atoms with E-state index in [1.165, 1.54) is 44.1 Å². The Balaban J connectivity index is 1.75. The molecule has 20 heavy (non-hydrogen) atoms. The molecule has 110 valence electrons. The van der Waals surface area contributed by atoms with E-state index in [0.717, 1.165) is 6.42 Å². The fourth-order valence-corrected chi connectivity index (χ4v) is 4.42. The summed E-state index contributed by atoms with van der Waals surface area (Å²) in [6.07, 6.45) is 8.92. The molecule has 2 nitrogen and oxygen atoms in total. The second-order valence-corrected chi connectivity index (χ2v) is 7.42. The maximum atomic E-state index is 5.88. The monoisotopic (exact) mass is 272 g/mol. The fraction of sp³-hybridized carbons (Fsp3) is 0.667. The number of rotatable bonds is 4. The molecule has 0 aliphatic heterocycles. The quantitative estimate of drug-likeness (QED) is 0.651. The largest absolute Gasteiger partial charge is 0.271 e. The van der Waals surface area contributed by atoms with E-state index in [0.29, 0.717) is 17.4 Å². The van der Waals surface area contributed by atoms with Gasteiger partial charge in [0.15, 0.2) is 0 Å². The Kier molecular flexibility index (Phi) is 3.87. The summed E-state index contributed by atoms with van der Waals surface area (Å²) < 4.78 is 0. The van der Waals surface area contributed by atoms with Crippen molar-refractivity contribution in [2.75, 3.05) is 0 Å². The number of hydrogen-bond acceptors (Lipinski definition) is 2. The molecular weight excluding hydrogens is 244 g/mol. The molecule has 2 heteroatoms. The smallest absolute Gasteiger partial charge is 0.0284 e. The van der Waals surface area contributed by atoms with Gasteiger partial charge in [0, 0.05) is 6.04 Å². The average molecular weight is 272 g/mol. The number of nitrogens with one attached hydrogen (secondary N) is 1. The van der Waals surface area contributed by atoms with Gasteiger partial charge >= 0.3 is 0 Å². The molecule has 2 aliphatic rings. The number of hydrazine groups is 1. The van der Waals surface area contributed by atoms with Crippen molar-refractivity contribution in [1.82, 2.24) is 5.43 Å². The zero-order valence-corrected chi connectivity index (χ0v) is 12.9. The summed E-state index contributed by atoms with van der Waals surface area (Å²) in [5.74, 6) is 6.58. The van der Waals surface area contributed by atoms with Crippen LogP contribution in [0, 0.1) is 11.3 Å². The molecule has 0 radical (unpaired) electrons. The van der Waals surface area contributed by atoms with Gasteiger partial charge in [0.25, 0.3) is 0 Å².